The van der Waals surface area contributed by atoms with Gasteiger partial charge in [-0.15, -0.1) is 5.10 Å². The molecule has 0 bridgehead atoms. The summed E-state index contributed by atoms with van der Waals surface area (Å²) < 4.78 is 7.09. The summed E-state index contributed by atoms with van der Waals surface area (Å²) in [5, 5.41) is 8.05. The molecule has 1 aromatic carbocycles. The van der Waals surface area contributed by atoms with E-state index in [1.807, 2.05) is 12.1 Å². The molecule has 1 fully saturated rings. The Morgan fingerprint density at radius 2 is 1.83 bits per heavy atom. The maximum absolute atomic E-state index is 12.3. The molecular formula is C24H35N3O2. The van der Waals surface area contributed by atoms with Crippen LogP contribution < -0.4 is 0 Å². The predicted molar refractivity (Wildman–Crippen MR) is 115 cm³/mol. The lowest BCUT2D eigenvalue weighted by molar-refractivity contribution is 0.0450. The van der Waals surface area contributed by atoms with Crippen LogP contribution in [-0.2, 0) is 11.2 Å². The highest BCUT2D eigenvalue weighted by Gasteiger charge is 2.31. The number of hydrogen-bond acceptors (Lipinski definition) is 4. The van der Waals surface area contributed by atoms with Gasteiger partial charge < -0.3 is 4.74 Å². The number of carbonyl (C=O) groups is 1. The normalized spacial score (nSPS) is 19.9. The van der Waals surface area contributed by atoms with Gasteiger partial charge in [-0.2, -0.15) is 0 Å². The van der Waals surface area contributed by atoms with Crippen LogP contribution in [0.25, 0.3) is 5.69 Å². The topological polar surface area (TPSA) is 57.0 Å². The molecule has 0 unspecified atom stereocenters. The first-order valence-electron chi connectivity index (χ1n) is 11.1. The number of rotatable bonds is 8. The van der Waals surface area contributed by atoms with Crippen molar-refractivity contribution in [1.29, 1.82) is 0 Å². The third-order valence-electron chi connectivity index (χ3n) is 6.93. The van der Waals surface area contributed by atoms with Gasteiger partial charge in [0.15, 0.2) is 5.69 Å². The van der Waals surface area contributed by atoms with Crippen molar-refractivity contribution < 1.29 is 9.53 Å². The van der Waals surface area contributed by atoms with Crippen molar-refractivity contribution in [3.63, 3.8) is 0 Å². The average molecular weight is 398 g/mol. The first kappa shape index (κ1) is 21.5. The lowest BCUT2D eigenvalue weighted by atomic mass is 9.67. The Labute approximate surface area is 174 Å². The number of hydrogen-bond donors (Lipinski definition) is 0. The van der Waals surface area contributed by atoms with Crippen LogP contribution in [0.5, 0.6) is 0 Å². The van der Waals surface area contributed by atoms with Crippen molar-refractivity contribution in [2.24, 2.45) is 17.3 Å². The maximum atomic E-state index is 12.3. The lowest BCUT2D eigenvalue weighted by Crippen LogP contribution is -2.28. The second-order valence-electron chi connectivity index (χ2n) is 9.05. The van der Waals surface area contributed by atoms with Gasteiger partial charge in [0.2, 0.25) is 0 Å². The Hall–Kier alpha value is -2.17. The van der Waals surface area contributed by atoms with Crippen molar-refractivity contribution in [1.82, 2.24) is 15.0 Å². The van der Waals surface area contributed by atoms with E-state index in [9.17, 15) is 4.79 Å². The minimum Gasteiger partial charge on any atom is -0.461 e. The van der Waals surface area contributed by atoms with E-state index in [1.165, 1.54) is 37.7 Å². The van der Waals surface area contributed by atoms with Crippen LogP contribution in [0.4, 0.5) is 0 Å². The van der Waals surface area contributed by atoms with Crippen LogP contribution in [-0.4, -0.2) is 27.6 Å². The molecule has 1 aliphatic rings. The molecule has 5 heteroatoms. The molecule has 158 valence electrons. The first-order chi connectivity index (χ1) is 13.9. The second kappa shape index (κ2) is 9.55. The second-order valence-corrected chi connectivity index (χ2v) is 9.05. The summed E-state index contributed by atoms with van der Waals surface area (Å²) in [6.45, 7) is 9.66. The standard InChI is InChI=1S/C24H35N3O2/c1-5-18-9-13-21(14-10-18)27-17-22(25-26-27)23(28)29-16-15-19-7-11-20(12-8-19)24(3,4)6-2/h9-10,13-14,17,19-20H,5-8,11-12,15-16H2,1-4H3. The summed E-state index contributed by atoms with van der Waals surface area (Å²) in [4.78, 5) is 12.3. The van der Waals surface area contributed by atoms with E-state index in [0.717, 1.165) is 24.4 Å². The van der Waals surface area contributed by atoms with Gasteiger partial charge in [-0.05, 0) is 60.6 Å². The monoisotopic (exact) mass is 397 g/mol. The summed E-state index contributed by atoms with van der Waals surface area (Å²) in [5.41, 5.74) is 2.86. The summed E-state index contributed by atoms with van der Waals surface area (Å²) in [7, 11) is 0. The molecule has 0 radical (unpaired) electrons. The molecule has 5 nitrogen and oxygen atoms in total. The first-order valence-corrected chi connectivity index (χ1v) is 11.1. The van der Waals surface area contributed by atoms with Crippen LogP contribution in [0.1, 0.15) is 82.3 Å². The number of aromatic nitrogens is 3. The fourth-order valence-electron chi connectivity index (χ4n) is 4.28. The molecular weight excluding hydrogens is 362 g/mol. The largest absolute Gasteiger partial charge is 0.461 e. The van der Waals surface area contributed by atoms with E-state index in [-0.39, 0.29) is 11.7 Å². The molecule has 3 rings (SSSR count). The molecule has 2 aromatic rings. The molecule has 1 aromatic heterocycles. The Balaban J connectivity index is 1.44. The van der Waals surface area contributed by atoms with Gasteiger partial charge in [-0.1, -0.05) is 64.3 Å². The minimum absolute atomic E-state index is 0.262. The average Bonchev–Trinajstić information content (AvgIpc) is 3.24. The SMILES string of the molecule is CCc1ccc(-n2cc(C(=O)OCCC3CCC(C(C)(C)CC)CC3)nn2)cc1. The smallest absolute Gasteiger partial charge is 0.360 e. The Morgan fingerprint density at radius 1 is 1.14 bits per heavy atom. The van der Waals surface area contributed by atoms with Gasteiger partial charge in [-0.3, -0.25) is 0 Å². The predicted octanol–water partition coefficient (Wildman–Crippen LogP) is 5.62. The number of aryl methyl sites for hydroxylation is 1. The van der Waals surface area contributed by atoms with E-state index < -0.39 is 0 Å². The van der Waals surface area contributed by atoms with Gasteiger partial charge in [0.1, 0.15) is 0 Å². The molecule has 0 amide bonds. The Morgan fingerprint density at radius 3 is 2.45 bits per heavy atom. The fraction of sp³-hybridized carbons (Fsp3) is 0.625. The zero-order chi connectivity index (χ0) is 20.9. The summed E-state index contributed by atoms with van der Waals surface area (Å²) in [5.74, 6) is 1.11. The minimum atomic E-state index is -0.387. The summed E-state index contributed by atoms with van der Waals surface area (Å²) in [6, 6.07) is 8.09. The molecule has 29 heavy (non-hydrogen) atoms. The Kier molecular flexibility index (Phi) is 7.09. The Bertz CT molecular complexity index is 787. The number of benzene rings is 1. The summed E-state index contributed by atoms with van der Waals surface area (Å²) >= 11 is 0. The lowest BCUT2D eigenvalue weighted by Gasteiger charge is -2.38. The van der Waals surface area contributed by atoms with Crippen LogP contribution in [0.3, 0.4) is 0 Å². The van der Waals surface area contributed by atoms with Crippen molar-refractivity contribution in [2.75, 3.05) is 6.61 Å². The van der Waals surface area contributed by atoms with Gasteiger partial charge in [-0.25, -0.2) is 9.48 Å². The van der Waals surface area contributed by atoms with Crippen LogP contribution in [0, 0.1) is 17.3 Å². The van der Waals surface area contributed by atoms with Gasteiger partial charge in [0, 0.05) is 0 Å². The van der Waals surface area contributed by atoms with E-state index in [0.29, 0.717) is 17.9 Å². The van der Waals surface area contributed by atoms with Crippen molar-refractivity contribution in [3.05, 3.63) is 41.7 Å². The van der Waals surface area contributed by atoms with E-state index in [4.69, 9.17) is 4.74 Å². The highest BCUT2D eigenvalue weighted by atomic mass is 16.5. The zero-order valence-electron chi connectivity index (χ0n) is 18.4. The molecule has 0 aliphatic heterocycles. The molecule has 0 spiro atoms. The van der Waals surface area contributed by atoms with E-state index >= 15 is 0 Å². The molecule has 0 atom stereocenters. The molecule has 0 N–H and O–H groups in total. The fourth-order valence-corrected chi connectivity index (χ4v) is 4.28. The van der Waals surface area contributed by atoms with Gasteiger partial charge in [0.05, 0.1) is 18.5 Å². The number of carbonyl (C=O) groups excluding carboxylic acids is 1. The third-order valence-corrected chi connectivity index (χ3v) is 6.93. The van der Waals surface area contributed by atoms with Gasteiger partial charge in [0.25, 0.3) is 0 Å². The number of nitrogens with zero attached hydrogens (tertiary/aromatic N) is 3. The van der Waals surface area contributed by atoms with Crippen molar-refractivity contribution >= 4 is 5.97 Å². The highest BCUT2D eigenvalue weighted by molar-refractivity contribution is 5.86. The molecule has 1 saturated carbocycles. The zero-order valence-corrected chi connectivity index (χ0v) is 18.4. The summed E-state index contributed by atoms with van der Waals surface area (Å²) in [6.07, 6.45) is 9.90. The maximum Gasteiger partial charge on any atom is 0.360 e. The van der Waals surface area contributed by atoms with Crippen molar-refractivity contribution in [2.45, 2.75) is 72.6 Å². The van der Waals surface area contributed by atoms with E-state index in [1.54, 1.807) is 10.9 Å². The van der Waals surface area contributed by atoms with Gasteiger partial charge >= 0.3 is 5.97 Å². The highest BCUT2D eigenvalue weighted by Crippen LogP contribution is 2.42. The van der Waals surface area contributed by atoms with E-state index in [2.05, 4.69) is 50.1 Å². The molecule has 0 saturated heterocycles. The third kappa shape index (κ3) is 5.46. The quantitative estimate of drug-likeness (QED) is 0.543. The molecule has 1 aliphatic carbocycles. The van der Waals surface area contributed by atoms with Crippen molar-refractivity contribution in [3.8, 4) is 5.69 Å². The number of esters is 1. The van der Waals surface area contributed by atoms with Crippen LogP contribution in [0.2, 0.25) is 0 Å². The van der Waals surface area contributed by atoms with Crippen LogP contribution in [0.15, 0.2) is 30.5 Å². The van der Waals surface area contributed by atoms with Crippen LogP contribution >= 0.6 is 0 Å². The number of ether oxygens (including phenoxy) is 1. The molecule has 1 heterocycles.